The Morgan fingerprint density at radius 2 is 1.81 bits per heavy atom. The zero-order valence-corrected chi connectivity index (χ0v) is 20.4. The number of carbonyl (C=O) groups is 3. The summed E-state index contributed by atoms with van der Waals surface area (Å²) in [5.74, 6) is -2.11. The van der Waals surface area contributed by atoms with Gasteiger partial charge in [-0.25, -0.2) is 4.39 Å². The molecule has 0 bridgehead atoms. The Morgan fingerprint density at radius 1 is 1.06 bits per heavy atom. The Morgan fingerprint density at radius 3 is 2.50 bits per heavy atom. The molecule has 3 aromatic rings. The minimum atomic E-state index is -1.26. The first-order chi connectivity index (χ1) is 17.3. The fraction of sp³-hybridized carbons (Fsp3) is 0.321. The normalized spacial score (nSPS) is 14.3. The molecule has 0 unspecified atom stereocenters. The molecular formula is C28H30FN3O4. The van der Waals surface area contributed by atoms with Gasteiger partial charge in [0.25, 0.3) is 5.91 Å². The highest BCUT2D eigenvalue weighted by molar-refractivity contribution is 6.04. The van der Waals surface area contributed by atoms with Crippen molar-refractivity contribution in [2.24, 2.45) is 0 Å². The van der Waals surface area contributed by atoms with Crippen LogP contribution < -0.4 is 15.5 Å². The summed E-state index contributed by atoms with van der Waals surface area (Å²) in [6.07, 6.45) is 5.06. The molecule has 36 heavy (non-hydrogen) atoms. The first-order valence-electron chi connectivity index (χ1n) is 12.1. The van der Waals surface area contributed by atoms with Crippen molar-refractivity contribution < 1.29 is 23.2 Å². The topological polar surface area (TPSA) is 91.7 Å². The van der Waals surface area contributed by atoms with Crippen LogP contribution in [0.4, 0.5) is 10.1 Å². The van der Waals surface area contributed by atoms with Gasteiger partial charge in [-0.2, -0.15) is 0 Å². The van der Waals surface area contributed by atoms with Gasteiger partial charge in [-0.15, -0.1) is 0 Å². The fourth-order valence-corrected chi connectivity index (χ4v) is 4.58. The minimum absolute atomic E-state index is 0.0269. The molecule has 8 heteroatoms. The van der Waals surface area contributed by atoms with E-state index in [1.807, 2.05) is 26.0 Å². The van der Waals surface area contributed by atoms with Crippen LogP contribution >= 0.6 is 0 Å². The Bertz CT molecular complexity index is 1240. The molecule has 2 N–H and O–H groups in total. The number of hydrogen-bond donors (Lipinski definition) is 2. The van der Waals surface area contributed by atoms with Crippen LogP contribution in [0.1, 0.15) is 59.0 Å². The van der Waals surface area contributed by atoms with Crippen molar-refractivity contribution in [2.45, 2.75) is 51.6 Å². The number of aryl methyl sites for hydroxylation is 2. The van der Waals surface area contributed by atoms with E-state index in [4.69, 9.17) is 4.42 Å². The fourth-order valence-electron chi connectivity index (χ4n) is 4.58. The van der Waals surface area contributed by atoms with Crippen molar-refractivity contribution in [3.63, 3.8) is 0 Å². The zero-order valence-electron chi connectivity index (χ0n) is 20.4. The Balaban J connectivity index is 1.74. The molecule has 4 rings (SSSR count). The van der Waals surface area contributed by atoms with E-state index < -0.39 is 36.1 Å². The van der Waals surface area contributed by atoms with Crippen molar-refractivity contribution in [1.82, 2.24) is 10.6 Å². The summed E-state index contributed by atoms with van der Waals surface area (Å²) in [5, 5.41) is 5.58. The van der Waals surface area contributed by atoms with Gasteiger partial charge in [-0.05, 0) is 62.1 Å². The van der Waals surface area contributed by atoms with Crippen LogP contribution in [-0.4, -0.2) is 30.3 Å². The molecule has 1 fully saturated rings. The highest BCUT2D eigenvalue weighted by Gasteiger charge is 2.36. The first kappa shape index (κ1) is 25.2. The van der Waals surface area contributed by atoms with Gasteiger partial charge < -0.3 is 15.1 Å². The van der Waals surface area contributed by atoms with Crippen LogP contribution in [-0.2, 0) is 9.59 Å². The largest absolute Gasteiger partial charge is 0.459 e. The number of benzene rings is 2. The molecule has 2 aromatic carbocycles. The summed E-state index contributed by atoms with van der Waals surface area (Å²) in [6, 6.07) is 13.3. The van der Waals surface area contributed by atoms with Crippen molar-refractivity contribution in [3.8, 4) is 0 Å². The van der Waals surface area contributed by atoms with Gasteiger partial charge in [0, 0.05) is 17.3 Å². The van der Waals surface area contributed by atoms with Gasteiger partial charge in [-0.1, -0.05) is 43.2 Å². The Labute approximate surface area is 209 Å². The van der Waals surface area contributed by atoms with Crippen molar-refractivity contribution in [1.29, 1.82) is 0 Å². The van der Waals surface area contributed by atoms with Crippen molar-refractivity contribution in [2.75, 3.05) is 11.4 Å². The first-order valence-corrected chi connectivity index (χ1v) is 12.1. The summed E-state index contributed by atoms with van der Waals surface area (Å²) in [7, 11) is 0. The SMILES string of the molecule is Cc1ccc(C)c(N(C(=O)CNC(=O)c2ccco2)[C@H](C(=O)NC2CCCC2)c2ccccc2F)c1. The number of furan rings is 1. The number of rotatable bonds is 8. The molecule has 0 radical (unpaired) electrons. The number of nitrogens with zero attached hydrogens (tertiary/aromatic N) is 1. The third-order valence-corrected chi connectivity index (χ3v) is 6.45. The van der Waals surface area contributed by atoms with Crippen LogP contribution in [0.25, 0.3) is 0 Å². The van der Waals surface area contributed by atoms with E-state index >= 15 is 4.39 Å². The van der Waals surface area contributed by atoms with Crippen LogP contribution in [0.3, 0.4) is 0 Å². The lowest BCUT2D eigenvalue weighted by atomic mass is 10.00. The lowest BCUT2D eigenvalue weighted by Crippen LogP contribution is -2.49. The number of anilines is 1. The van der Waals surface area contributed by atoms with Crippen LogP contribution in [0.5, 0.6) is 0 Å². The highest BCUT2D eigenvalue weighted by Crippen LogP contribution is 2.33. The van der Waals surface area contributed by atoms with Gasteiger partial charge in [0.1, 0.15) is 11.9 Å². The Kier molecular flexibility index (Phi) is 7.83. The van der Waals surface area contributed by atoms with Gasteiger partial charge in [0.15, 0.2) is 5.76 Å². The maximum Gasteiger partial charge on any atom is 0.287 e. The molecule has 0 spiro atoms. The zero-order chi connectivity index (χ0) is 25.7. The molecule has 3 amide bonds. The lowest BCUT2D eigenvalue weighted by molar-refractivity contribution is -0.126. The molecule has 0 aliphatic heterocycles. The molecule has 1 aromatic heterocycles. The third-order valence-electron chi connectivity index (χ3n) is 6.45. The summed E-state index contributed by atoms with van der Waals surface area (Å²) < 4.78 is 20.2. The van der Waals surface area contributed by atoms with Gasteiger partial charge in [0.05, 0.1) is 12.8 Å². The second-order valence-corrected chi connectivity index (χ2v) is 9.13. The summed E-state index contributed by atoms with van der Waals surface area (Å²) in [4.78, 5) is 41.2. The van der Waals surface area contributed by atoms with Gasteiger partial charge >= 0.3 is 0 Å². The van der Waals surface area contributed by atoms with Gasteiger partial charge in [0.2, 0.25) is 11.8 Å². The van der Waals surface area contributed by atoms with E-state index in [0.717, 1.165) is 36.8 Å². The van der Waals surface area contributed by atoms with E-state index in [9.17, 15) is 14.4 Å². The monoisotopic (exact) mass is 491 g/mol. The number of amides is 3. The van der Waals surface area contributed by atoms with E-state index in [0.29, 0.717) is 5.69 Å². The summed E-state index contributed by atoms with van der Waals surface area (Å²) in [5.41, 5.74) is 2.17. The predicted octanol–water partition coefficient (Wildman–Crippen LogP) is 4.60. The standard InChI is InChI=1S/C28H30FN3O4/c1-18-13-14-19(2)23(16-18)32(25(33)17-30-27(34)24-12-7-15-36-24)26(21-10-5-6-11-22(21)29)28(35)31-20-8-3-4-9-20/h5-7,10-16,20,26H,3-4,8-9,17H2,1-2H3,(H,30,34)(H,31,35)/t26-/m0/s1. The summed E-state index contributed by atoms with van der Waals surface area (Å²) in [6.45, 7) is 3.29. The predicted molar refractivity (Wildman–Crippen MR) is 134 cm³/mol. The molecule has 1 heterocycles. The smallest absolute Gasteiger partial charge is 0.287 e. The molecule has 1 saturated carbocycles. The number of halogens is 1. The maximum atomic E-state index is 15.1. The Hall–Kier alpha value is -3.94. The van der Waals surface area contributed by atoms with Crippen LogP contribution in [0.15, 0.2) is 65.3 Å². The number of carbonyl (C=O) groups excluding carboxylic acids is 3. The molecule has 7 nitrogen and oxygen atoms in total. The molecule has 188 valence electrons. The van der Waals surface area contributed by atoms with Gasteiger partial charge in [-0.3, -0.25) is 19.3 Å². The minimum Gasteiger partial charge on any atom is -0.459 e. The van der Waals surface area contributed by atoms with Crippen LogP contribution in [0.2, 0.25) is 0 Å². The van der Waals surface area contributed by atoms with Crippen LogP contribution in [0, 0.1) is 19.7 Å². The molecule has 1 aliphatic rings. The van der Waals surface area contributed by atoms with E-state index in [1.54, 1.807) is 24.3 Å². The average Bonchev–Trinajstić information content (AvgIpc) is 3.58. The maximum absolute atomic E-state index is 15.1. The lowest BCUT2D eigenvalue weighted by Gasteiger charge is -2.33. The second-order valence-electron chi connectivity index (χ2n) is 9.13. The van der Waals surface area contributed by atoms with Crippen molar-refractivity contribution in [3.05, 3.63) is 89.1 Å². The second kappa shape index (κ2) is 11.2. The third kappa shape index (κ3) is 5.64. The van der Waals surface area contributed by atoms with E-state index in [1.165, 1.54) is 29.4 Å². The molecular weight excluding hydrogens is 461 g/mol. The summed E-state index contributed by atoms with van der Waals surface area (Å²) >= 11 is 0. The highest BCUT2D eigenvalue weighted by atomic mass is 19.1. The molecule has 1 atom stereocenters. The average molecular weight is 492 g/mol. The van der Waals surface area contributed by atoms with Crippen molar-refractivity contribution >= 4 is 23.4 Å². The quantitative estimate of drug-likeness (QED) is 0.482. The van der Waals surface area contributed by atoms with E-state index in [2.05, 4.69) is 10.6 Å². The van der Waals surface area contributed by atoms with E-state index in [-0.39, 0.29) is 17.4 Å². The number of nitrogens with one attached hydrogen (secondary N) is 2. The molecule has 0 saturated heterocycles. The number of hydrogen-bond acceptors (Lipinski definition) is 4. The molecule has 1 aliphatic carbocycles.